The minimum Gasteiger partial charge on any atom is -0.394 e. The van der Waals surface area contributed by atoms with Crippen molar-refractivity contribution in [1.82, 2.24) is 5.32 Å². The van der Waals surface area contributed by atoms with E-state index >= 15 is 0 Å². The molecule has 0 aromatic heterocycles. The zero-order valence-corrected chi connectivity index (χ0v) is 73.2. The Labute approximate surface area is 705 Å². The summed E-state index contributed by atoms with van der Waals surface area (Å²) in [5.74, 6) is -0.283. The lowest BCUT2D eigenvalue weighted by Crippen LogP contribution is -2.66. The van der Waals surface area contributed by atoms with Crippen LogP contribution in [0.3, 0.4) is 0 Å². The van der Waals surface area contributed by atoms with Crippen LogP contribution in [0.5, 0.6) is 0 Å². The highest BCUT2D eigenvalue weighted by molar-refractivity contribution is 5.76. The van der Waals surface area contributed by atoms with Gasteiger partial charge in [-0.15, -0.1) is 0 Å². The largest absolute Gasteiger partial charge is 0.394 e. The van der Waals surface area contributed by atoms with Gasteiger partial charge in [-0.2, -0.15) is 0 Å². The summed E-state index contributed by atoms with van der Waals surface area (Å²) in [6.45, 7) is 1.65. The highest BCUT2D eigenvalue weighted by atomic mass is 16.8. The molecule has 676 valence electrons. The first-order valence-electron chi connectivity index (χ1n) is 47.8. The fraction of sp³-hybridized carbons (Fsp3) is 0.845. The molecule has 116 heavy (non-hydrogen) atoms. The van der Waals surface area contributed by atoms with Crippen LogP contribution < -0.4 is 5.32 Å². The zero-order valence-electron chi connectivity index (χ0n) is 73.2. The average Bonchev–Trinajstić information content (AvgIpc) is 0.783. The van der Waals surface area contributed by atoms with E-state index in [4.69, 9.17) is 28.4 Å². The van der Waals surface area contributed by atoms with Crippen LogP contribution >= 0.6 is 0 Å². The number of ether oxygens (including phenoxy) is 6. The number of unbranched alkanes of at least 4 members (excludes halogenated alkanes) is 50. The summed E-state index contributed by atoms with van der Waals surface area (Å²) >= 11 is 0. The Morgan fingerprint density at radius 3 is 0.966 bits per heavy atom. The van der Waals surface area contributed by atoms with E-state index in [2.05, 4.69) is 92.1 Å². The predicted octanol–water partition coefficient (Wildman–Crippen LogP) is 19.2. The maximum atomic E-state index is 13.5. The Morgan fingerprint density at radius 1 is 0.319 bits per heavy atom. The van der Waals surface area contributed by atoms with Gasteiger partial charge in [-0.3, -0.25) is 4.79 Å². The molecule has 17 unspecified atom stereocenters. The van der Waals surface area contributed by atoms with Crippen molar-refractivity contribution in [3.05, 3.63) is 85.1 Å². The fourth-order valence-corrected chi connectivity index (χ4v) is 15.9. The number of aliphatic hydroxyl groups excluding tert-OH is 11. The summed E-state index contributed by atoms with van der Waals surface area (Å²) in [4.78, 5) is 13.5. The van der Waals surface area contributed by atoms with Gasteiger partial charge in [-0.25, -0.2) is 0 Å². The summed E-state index contributed by atoms with van der Waals surface area (Å²) in [5, 5.41) is 121. The zero-order chi connectivity index (χ0) is 83.8. The highest BCUT2D eigenvalue weighted by Gasteiger charge is 2.54. The average molecular weight is 1640 g/mol. The minimum atomic E-state index is -1.99. The van der Waals surface area contributed by atoms with Crippen LogP contribution in [0.2, 0.25) is 0 Å². The van der Waals surface area contributed by atoms with E-state index < -0.39 is 124 Å². The van der Waals surface area contributed by atoms with Crippen LogP contribution in [0.25, 0.3) is 0 Å². The van der Waals surface area contributed by atoms with Crippen molar-refractivity contribution in [2.45, 2.75) is 497 Å². The SMILES string of the molecule is CC/C=C\C/C=C\C/C=C\C/C=C\CCCCCCCCCCCCCCCCCCCCCCCCCCCCCCC(=O)NC(COC1OC(CO)C(OC2OC(CO)C(OC3OC(CO)C(O)C(O)C3O)C(O)C2O)C(O)C1O)C(O)/C=C/CC/C=C/CC/C=C/CCCCCCCCCCCCCCCCCCCCCC. The minimum absolute atomic E-state index is 0.234. The number of carbonyl (C=O) groups excluding carboxylic acids is 1. The predicted molar refractivity (Wildman–Crippen MR) is 471 cm³/mol. The van der Waals surface area contributed by atoms with Gasteiger partial charge in [-0.05, 0) is 83.5 Å². The van der Waals surface area contributed by atoms with Gasteiger partial charge in [0.25, 0.3) is 0 Å². The van der Waals surface area contributed by atoms with Crippen LogP contribution in [0, 0.1) is 0 Å². The second kappa shape index (κ2) is 75.7. The molecule has 3 aliphatic heterocycles. The Balaban J connectivity index is 1.30. The summed E-state index contributed by atoms with van der Waals surface area (Å²) in [7, 11) is 0. The molecule has 3 heterocycles. The van der Waals surface area contributed by atoms with E-state index in [1.165, 1.54) is 289 Å². The molecule has 0 spiro atoms. The number of nitrogens with one attached hydrogen (secondary N) is 1. The smallest absolute Gasteiger partial charge is 0.220 e. The quantitative estimate of drug-likeness (QED) is 0.0199. The molecule has 0 aromatic carbocycles. The summed E-state index contributed by atoms with van der Waals surface area (Å²) < 4.78 is 34.5. The molecule has 19 heteroatoms. The standard InChI is InChI=1S/C97H175NO18/c1-3-5-7-9-11-13-15-17-19-21-23-25-27-29-31-33-35-36-37-38-39-40-41-42-43-44-45-47-49-51-53-55-57-59-61-63-65-67-69-71-73-75-85(103)98-80(81(102)74-72-70-68-66-64-62-60-58-56-54-52-50-48-46-34-32-30-28-26-24-22-20-18-16-14-12-10-8-6-4-2)79-111-95-91(109)88(106)93(83(77-100)113-95)116-97-92(110)89(107)94(84(78-101)114-97)115-96-90(108)87(105)86(104)82(76-99)112-96/h5,7,11,13,17,19,23,25,56,58,64,66,72,74,80-84,86-97,99-102,104-110H,3-4,6,8-10,12,14-16,18,20-22,24,26-55,57,59-63,65,67-71,73,75-79H2,1-2H3,(H,98,103)/b7-5-,13-11-,19-17-,25-23-,58-56+,66-64+,74-72+. The fourth-order valence-electron chi connectivity index (χ4n) is 15.9. The van der Waals surface area contributed by atoms with Gasteiger partial charge in [0.15, 0.2) is 18.9 Å². The van der Waals surface area contributed by atoms with Crippen molar-refractivity contribution in [1.29, 1.82) is 0 Å². The van der Waals surface area contributed by atoms with Gasteiger partial charge < -0.3 is 89.9 Å². The van der Waals surface area contributed by atoms with Crippen LogP contribution in [-0.4, -0.2) is 193 Å². The maximum Gasteiger partial charge on any atom is 0.220 e. The molecular weight excluding hydrogens is 1470 g/mol. The second-order valence-corrected chi connectivity index (χ2v) is 33.8. The number of aliphatic hydroxyl groups is 11. The lowest BCUT2D eigenvalue weighted by Gasteiger charge is -2.48. The second-order valence-electron chi connectivity index (χ2n) is 33.8. The van der Waals surface area contributed by atoms with Crippen LogP contribution in [0.1, 0.15) is 393 Å². The molecule has 0 radical (unpaired) electrons. The lowest BCUT2D eigenvalue weighted by molar-refractivity contribution is -0.379. The van der Waals surface area contributed by atoms with Gasteiger partial charge in [0.05, 0.1) is 38.6 Å². The number of hydrogen-bond donors (Lipinski definition) is 12. The molecule has 19 nitrogen and oxygen atoms in total. The first-order chi connectivity index (χ1) is 56.8. The van der Waals surface area contributed by atoms with E-state index in [-0.39, 0.29) is 18.9 Å². The lowest BCUT2D eigenvalue weighted by atomic mass is 9.96. The summed E-state index contributed by atoms with van der Waals surface area (Å²) in [6, 6.07) is -1.00. The molecule has 0 aliphatic carbocycles. The molecular formula is C97H175NO18. The Hall–Kier alpha value is -3.03. The van der Waals surface area contributed by atoms with Gasteiger partial charge in [-0.1, -0.05) is 388 Å². The monoisotopic (exact) mass is 1640 g/mol. The van der Waals surface area contributed by atoms with Crippen LogP contribution in [-0.2, 0) is 33.2 Å². The molecule has 3 rings (SSSR count). The third-order valence-electron chi connectivity index (χ3n) is 23.4. The number of allylic oxidation sites excluding steroid dienone is 13. The molecule has 3 saturated heterocycles. The number of rotatable bonds is 78. The van der Waals surface area contributed by atoms with Gasteiger partial charge in [0.1, 0.15) is 73.2 Å². The molecule has 1 amide bonds. The molecule has 12 N–H and O–H groups in total. The molecule has 3 fully saturated rings. The maximum absolute atomic E-state index is 13.5. The van der Waals surface area contributed by atoms with Crippen molar-refractivity contribution in [2.24, 2.45) is 0 Å². The van der Waals surface area contributed by atoms with Crippen LogP contribution in [0.4, 0.5) is 0 Å². The summed E-state index contributed by atoms with van der Waals surface area (Å²) in [5.41, 5.74) is 0. The van der Waals surface area contributed by atoms with E-state index in [1.807, 2.05) is 6.08 Å². The molecule has 17 atom stereocenters. The van der Waals surface area contributed by atoms with Gasteiger partial charge in [0.2, 0.25) is 5.91 Å². The van der Waals surface area contributed by atoms with Crippen molar-refractivity contribution < 1.29 is 89.4 Å². The Kier molecular flexibility index (Phi) is 69.9. The first-order valence-corrected chi connectivity index (χ1v) is 47.8. The van der Waals surface area contributed by atoms with Crippen LogP contribution in [0.15, 0.2) is 85.1 Å². The number of hydrogen-bond acceptors (Lipinski definition) is 18. The van der Waals surface area contributed by atoms with E-state index in [9.17, 15) is 61.0 Å². The highest BCUT2D eigenvalue weighted by Crippen LogP contribution is 2.34. The third-order valence-corrected chi connectivity index (χ3v) is 23.4. The Bertz CT molecular complexity index is 2420. The number of amides is 1. The molecule has 0 bridgehead atoms. The normalized spacial score (nSPS) is 24.9. The van der Waals surface area contributed by atoms with Gasteiger partial charge >= 0.3 is 0 Å². The van der Waals surface area contributed by atoms with Crippen molar-refractivity contribution >= 4 is 5.91 Å². The van der Waals surface area contributed by atoms with E-state index in [0.717, 1.165) is 70.6 Å². The van der Waals surface area contributed by atoms with E-state index in [0.29, 0.717) is 12.8 Å². The third kappa shape index (κ3) is 53.1. The van der Waals surface area contributed by atoms with E-state index in [1.54, 1.807) is 6.08 Å². The number of carbonyl (C=O) groups is 1. The molecule has 0 saturated carbocycles. The molecule has 0 aromatic rings. The summed E-state index contributed by atoms with van der Waals surface area (Å²) in [6.07, 6.45) is 77.7. The topological polar surface area (TPSA) is 307 Å². The van der Waals surface area contributed by atoms with Crippen molar-refractivity contribution in [3.8, 4) is 0 Å². The van der Waals surface area contributed by atoms with Crippen molar-refractivity contribution in [3.63, 3.8) is 0 Å². The molecule has 3 aliphatic rings. The Morgan fingerprint density at radius 2 is 0.603 bits per heavy atom. The van der Waals surface area contributed by atoms with Gasteiger partial charge in [0, 0.05) is 6.42 Å². The first kappa shape index (κ1) is 107. The van der Waals surface area contributed by atoms with Crippen molar-refractivity contribution in [2.75, 3.05) is 26.4 Å².